The Bertz CT molecular complexity index is 910. The number of nitrogen functional groups attached to an aromatic ring is 1. The van der Waals surface area contributed by atoms with Crippen molar-refractivity contribution >= 4 is 28.9 Å². The fourth-order valence-corrected chi connectivity index (χ4v) is 2.46. The van der Waals surface area contributed by atoms with Crippen molar-refractivity contribution in [1.82, 2.24) is 15.4 Å². The van der Waals surface area contributed by atoms with Crippen molar-refractivity contribution in [2.45, 2.75) is 19.8 Å². The Labute approximate surface area is 158 Å². The molecule has 0 saturated heterocycles. The summed E-state index contributed by atoms with van der Waals surface area (Å²) in [5.41, 5.74) is 14.4. The van der Waals surface area contributed by atoms with Crippen LogP contribution < -0.4 is 21.9 Å². The van der Waals surface area contributed by atoms with E-state index in [1.54, 1.807) is 24.3 Å². The van der Waals surface area contributed by atoms with Gasteiger partial charge < -0.3 is 11.1 Å². The van der Waals surface area contributed by atoms with Crippen molar-refractivity contribution in [1.29, 1.82) is 0 Å². The molecule has 3 aromatic rings. The number of amides is 1. The van der Waals surface area contributed by atoms with Crippen LogP contribution in [-0.4, -0.2) is 15.9 Å². The van der Waals surface area contributed by atoms with Gasteiger partial charge in [0.05, 0.1) is 0 Å². The van der Waals surface area contributed by atoms with Crippen LogP contribution in [0, 0.1) is 0 Å². The number of nitrogens with one attached hydrogen (secondary N) is 3. The Morgan fingerprint density at radius 3 is 2.30 bits per heavy atom. The molecule has 0 unspecified atom stereocenters. The minimum atomic E-state index is -0.285. The largest absolute Gasteiger partial charge is 0.393 e. The molecule has 0 radical (unpaired) electrons. The molecule has 0 bridgehead atoms. The summed E-state index contributed by atoms with van der Waals surface area (Å²) >= 11 is 0. The third-order valence-corrected chi connectivity index (χ3v) is 4.05. The smallest absolute Gasteiger partial charge is 0.269 e. The van der Waals surface area contributed by atoms with Crippen LogP contribution in [0.5, 0.6) is 0 Å². The standard InChI is InChI=1S/C20H22N6O/c1-13(2)14-8-10-16(11-9-14)24-18-17(21)19(23-12-22-18)25-26-20(27)15-6-4-3-5-7-15/h3-13H,21H2,1-2H3,(H,26,27)(H2,22,23,24,25). The molecule has 7 heteroatoms. The van der Waals surface area contributed by atoms with Gasteiger partial charge in [0.25, 0.3) is 5.91 Å². The van der Waals surface area contributed by atoms with E-state index in [9.17, 15) is 4.79 Å². The summed E-state index contributed by atoms with van der Waals surface area (Å²) < 4.78 is 0. The van der Waals surface area contributed by atoms with Crippen molar-refractivity contribution in [3.05, 3.63) is 72.1 Å². The first-order valence-corrected chi connectivity index (χ1v) is 8.63. The van der Waals surface area contributed by atoms with Gasteiger partial charge in [-0.3, -0.25) is 15.6 Å². The number of hydrogen-bond donors (Lipinski definition) is 4. The Hall–Kier alpha value is -3.61. The Balaban J connectivity index is 1.69. The molecular weight excluding hydrogens is 340 g/mol. The minimum absolute atomic E-state index is 0.285. The van der Waals surface area contributed by atoms with E-state index < -0.39 is 0 Å². The third-order valence-electron chi connectivity index (χ3n) is 4.05. The first-order valence-electron chi connectivity index (χ1n) is 8.63. The molecule has 3 rings (SSSR count). The molecular formula is C20H22N6O. The summed E-state index contributed by atoms with van der Waals surface area (Å²) in [5, 5.41) is 3.17. The molecule has 5 N–H and O–H groups in total. The van der Waals surface area contributed by atoms with Crippen LogP contribution in [0.4, 0.5) is 23.0 Å². The summed E-state index contributed by atoms with van der Waals surface area (Å²) in [6, 6.07) is 16.9. The summed E-state index contributed by atoms with van der Waals surface area (Å²) in [4.78, 5) is 20.4. The number of hydrogen-bond acceptors (Lipinski definition) is 6. The molecule has 0 aliphatic heterocycles. The number of rotatable bonds is 6. The zero-order valence-corrected chi connectivity index (χ0v) is 15.2. The van der Waals surface area contributed by atoms with Gasteiger partial charge in [0.15, 0.2) is 11.6 Å². The lowest BCUT2D eigenvalue weighted by atomic mass is 10.0. The van der Waals surface area contributed by atoms with E-state index in [2.05, 4.69) is 52.1 Å². The van der Waals surface area contributed by atoms with E-state index in [1.807, 2.05) is 18.2 Å². The summed E-state index contributed by atoms with van der Waals surface area (Å²) in [5.74, 6) is 0.953. The lowest BCUT2D eigenvalue weighted by Gasteiger charge is -2.13. The second kappa shape index (κ2) is 8.18. The SMILES string of the molecule is CC(C)c1ccc(Nc2ncnc(NNC(=O)c3ccccc3)c2N)cc1. The molecule has 1 heterocycles. The molecule has 0 fully saturated rings. The molecule has 1 aromatic heterocycles. The van der Waals surface area contributed by atoms with Gasteiger partial charge in [0, 0.05) is 11.3 Å². The quantitative estimate of drug-likeness (QED) is 0.499. The number of anilines is 4. The van der Waals surface area contributed by atoms with Crippen molar-refractivity contribution in [3.63, 3.8) is 0 Å². The fourth-order valence-electron chi connectivity index (χ4n) is 2.46. The Kier molecular flexibility index (Phi) is 5.51. The topological polar surface area (TPSA) is 105 Å². The molecule has 0 aliphatic carbocycles. The van der Waals surface area contributed by atoms with Gasteiger partial charge in [-0.1, -0.05) is 44.2 Å². The summed E-state index contributed by atoms with van der Waals surface area (Å²) in [6.07, 6.45) is 1.37. The number of aromatic nitrogens is 2. The number of benzene rings is 2. The molecule has 27 heavy (non-hydrogen) atoms. The van der Waals surface area contributed by atoms with Gasteiger partial charge in [0.2, 0.25) is 0 Å². The van der Waals surface area contributed by atoms with E-state index in [0.717, 1.165) is 5.69 Å². The zero-order chi connectivity index (χ0) is 19.2. The van der Waals surface area contributed by atoms with E-state index in [0.29, 0.717) is 28.8 Å². The second-order valence-electron chi connectivity index (χ2n) is 6.33. The predicted octanol–water partition coefficient (Wildman–Crippen LogP) is 3.68. The van der Waals surface area contributed by atoms with Crippen LogP contribution in [0.1, 0.15) is 35.7 Å². The maximum atomic E-state index is 12.1. The maximum absolute atomic E-state index is 12.1. The van der Waals surface area contributed by atoms with Crippen LogP contribution in [-0.2, 0) is 0 Å². The average Bonchev–Trinajstić information content (AvgIpc) is 2.69. The minimum Gasteiger partial charge on any atom is -0.393 e. The second-order valence-corrected chi connectivity index (χ2v) is 6.33. The summed E-state index contributed by atoms with van der Waals surface area (Å²) in [7, 11) is 0. The van der Waals surface area contributed by atoms with Crippen molar-refractivity contribution < 1.29 is 4.79 Å². The van der Waals surface area contributed by atoms with Crippen LogP contribution in [0.25, 0.3) is 0 Å². The normalized spacial score (nSPS) is 10.5. The highest BCUT2D eigenvalue weighted by Gasteiger charge is 2.10. The average molecular weight is 362 g/mol. The molecule has 0 aliphatic rings. The van der Waals surface area contributed by atoms with Crippen molar-refractivity contribution in [2.75, 3.05) is 16.5 Å². The number of carbonyl (C=O) groups excluding carboxylic acids is 1. The fraction of sp³-hybridized carbons (Fsp3) is 0.150. The zero-order valence-electron chi connectivity index (χ0n) is 15.2. The number of carbonyl (C=O) groups is 1. The third kappa shape index (κ3) is 4.52. The molecule has 0 spiro atoms. The van der Waals surface area contributed by atoms with Crippen molar-refractivity contribution in [3.8, 4) is 0 Å². The predicted molar refractivity (Wildman–Crippen MR) is 108 cm³/mol. The summed E-state index contributed by atoms with van der Waals surface area (Å²) in [6.45, 7) is 4.29. The van der Waals surface area contributed by atoms with Crippen LogP contribution in [0.3, 0.4) is 0 Å². The first kappa shape index (κ1) is 18.2. The molecule has 0 atom stereocenters. The Morgan fingerprint density at radius 2 is 1.63 bits per heavy atom. The van der Waals surface area contributed by atoms with E-state index in [-0.39, 0.29) is 5.91 Å². The van der Waals surface area contributed by atoms with E-state index >= 15 is 0 Å². The van der Waals surface area contributed by atoms with Gasteiger partial charge in [-0.15, -0.1) is 0 Å². The van der Waals surface area contributed by atoms with Gasteiger partial charge >= 0.3 is 0 Å². The van der Waals surface area contributed by atoms with Gasteiger partial charge in [0.1, 0.15) is 12.0 Å². The van der Waals surface area contributed by atoms with Crippen LogP contribution >= 0.6 is 0 Å². The molecule has 2 aromatic carbocycles. The molecule has 0 saturated carbocycles. The number of nitrogens with zero attached hydrogens (tertiary/aromatic N) is 2. The number of hydrazine groups is 1. The lowest BCUT2D eigenvalue weighted by Crippen LogP contribution is -2.30. The van der Waals surface area contributed by atoms with Crippen LogP contribution in [0.2, 0.25) is 0 Å². The van der Waals surface area contributed by atoms with Gasteiger partial charge in [-0.25, -0.2) is 9.97 Å². The van der Waals surface area contributed by atoms with E-state index in [1.165, 1.54) is 11.9 Å². The Morgan fingerprint density at radius 1 is 0.963 bits per heavy atom. The monoisotopic (exact) mass is 362 g/mol. The van der Waals surface area contributed by atoms with Gasteiger partial charge in [-0.05, 0) is 35.7 Å². The highest BCUT2D eigenvalue weighted by atomic mass is 16.2. The number of nitrogens with two attached hydrogens (primary N) is 1. The highest BCUT2D eigenvalue weighted by Crippen LogP contribution is 2.26. The molecule has 138 valence electrons. The van der Waals surface area contributed by atoms with Crippen LogP contribution in [0.15, 0.2) is 60.9 Å². The lowest BCUT2D eigenvalue weighted by molar-refractivity contribution is 0.0962. The van der Waals surface area contributed by atoms with Gasteiger partial charge in [-0.2, -0.15) is 0 Å². The molecule has 7 nitrogen and oxygen atoms in total. The van der Waals surface area contributed by atoms with Crippen molar-refractivity contribution in [2.24, 2.45) is 0 Å². The maximum Gasteiger partial charge on any atom is 0.269 e. The first-order chi connectivity index (χ1) is 13.0. The molecule has 1 amide bonds. The van der Waals surface area contributed by atoms with E-state index in [4.69, 9.17) is 5.73 Å². The highest BCUT2D eigenvalue weighted by molar-refractivity contribution is 5.95.